The third-order valence-corrected chi connectivity index (χ3v) is 4.30. The monoisotopic (exact) mass is 419 g/mol. The number of benzene rings is 2. The Bertz CT molecular complexity index is 1280. The van der Waals surface area contributed by atoms with Crippen LogP contribution in [0.2, 0.25) is 0 Å². The van der Waals surface area contributed by atoms with Crippen molar-refractivity contribution in [1.82, 2.24) is 20.4 Å². The second-order valence-corrected chi connectivity index (χ2v) is 6.26. The number of rotatable bonds is 6. The molecule has 31 heavy (non-hydrogen) atoms. The number of nitro groups is 1. The Labute approximate surface area is 174 Å². The number of halogens is 1. The van der Waals surface area contributed by atoms with Gasteiger partial charge in [0, 0.05) is 22.8 Å². The molecular formula is C20H14FN7O3. The van der Waals surface area contributed by atoms with Crippen LogP contribution in [0, 0.1) is 15.9 Å². The molecule has 4 aromatic rings. The molecule has 0 fully saturated rings. The zero-order chi connectivity index (χ0) is 21.8. The highest BCUT2D eigenvalue weighted by Crippen LogP contribution is 2.32. The van der Waals surface area contributed by atoms with Crippen LogP contribution in [0.3, 0.4) is 0 Å². The van der Waals surface area contributed by atoms with Crippen molar-refractivity contribution in [2.75, 3.05) is 10.7 Å². The van der Waals surface area contributed by atoms with Gasteiger partial charge in [-0.05, 0) is 48.5 Å². The van der Waals surface area contributed by atoms with E-state index in [1.807, 2.05) is 12.1 Å². The van der Waals surface area contributed by atoms with E-state index in [0.717, 1.165) is 23.8 Å². The molecule has 0 aliphatic carbocycles. The van der Waals surface area contributed by atoms with Gasteiger partial charge < -0.3 is 5.32 Å². The smallest absolute Gasteiger partial charge is 0.334 e. The summed E-state index contributed by atoms with van der Waals surface area (Å²) in [5.41, 5.74) is 5.70. The summed E-state index contributed by atoms with van der Waals surface area (Å²) in [5, 5.41) is 15.4. The van der Waals surface area contributed by atoms with Crippen LogP contribution < -0.4 is 16.2 Å². The van der Waals surface area contributed by atoms with Crippen molar-refractivity contribution in [1.29, 1.82) is 0 Å². The molecule has 2 aromatic carbocycles. The molecular weight excluding hydrogens is 405 g/mol. The van der Waals surface area contributed by atoms with Crippen LogP contribution >= 0.6 is 0 Å². The first-order chi connectivity index (χ1) is 15.0. The van der Waals surface area contributed by atoms with E-state index >= 15 is 0 Å². The number of nitrogens with one attached hydrogen (secondary N) is 3. The molecule has 4 rings (SSSR count). The van der Waals surface area contributed by atoms with E-state index in [1.165, 1.54) is 12.1 Å². The highest BCUT2D eigenvalue weighted by atomic mass is 19.1. The zero-order valence-corrected chi connectivity index (χ0v) is 15.7. The fourth-order valence-electron chi connectivity index (χ4n) is 2.86. The lowest BCUT2D eigenvalue weighted by molar-refractivity contribution is -0.383. The molecule has 0 radical (unpaired) electrons. The first kappa shape index (κ1) is 19.6. The van der Waals surface area contributed by atoms with E-state index in [9.17, 15) is 19.3 Å². The lowest BCUT2D eigenvalue weighted by Crippen LogP contribution is -2.30. The van der Waals surface area contributed by atoms with Gasteiger partial charge >= 0.3 is 5.69 Å². The zero-order valence-electron chi connectivity index (χ0n) is 15.7. The Balaban J connectivity index is 1.61. The van der Waals surface area contributed by atoms with Gasteiger partial charge in [-0.3, -0.25) is 30.7 Å². The molecule has 2 aromatic heterocycles. The van der Waals surface area contributed by atoms with Gasteiger partial charge in [-0.25, -0.2) is 14.4 Å². The van der Waals surface area contributed by atoms with Gasteiger partial charge in [0.1, 0.15) is 12.1 Å². The summed E-state index contributed by atoms with van der Waals surface area (Å²) in [6.07, 6.45) is 2.76. The van der Waals surface area contributed by atoms with Crippen molar-refractivity contribution in [3.05, 3.63) is 88.6 Å². The Kier molecular flexibility index (Phi) is 5.30. The van der Waals surface area contributed by atoms with Gasteiger partial charge in [-0.2, -0.15) is 0 Å². The molecule has 0 atom stereocenters. The van der Waals surface area contributed by atoms with Crippen LogP contribution in [-0.2, 0) is 0 Å². The molecule has 11 heteroatoms. The number of aromatic nitrogens is 3. The lowest BCUT2D eigenvalue weighted by Gasteiger charge is -2.12. The Morgan fingerprint density at radius 1 is 0.968 bits per heavy atom. The average Bonchev–Trinajstić information content (AvgIpc) is 2.78. The summed E-state index contributed by atoms with van der Waals surface area (Å²) < 4.78 is 13.0. The normalized spacial score (nSPS) is 10.5. The third-order valence-electron chi connectivity index (χ3n) is 4.30. The first-order valence-corrected chi connectivity index (χ1v) is 8.95. The van der Waals surface area contributed by atoms with E-state index in [0.29, 0.717) is 11.2 Å². The second kappa shape index (κ2) is 8.37. The Morgan fingerprint density at radius 2 is 1.74 bits per heavy atom. The molecule has 10 nitrogen and oxygen atoms in total. The number of carbonyl (C=O) groups is 1. The van der Waals surface area contributed by atoms with E-state index in [-0.39, 0.29) is 17.2 Å². The van der Waals surface area contributed by atoms with E-state index in [4.69, 9.17) is 0 Å². The summed E-state index contributed by atoms with van der Waals surface area (Å²) in [6.45, 7) is 0. The molecule has 0 aliphatic rings. The van der Waals surface area contributed by atoms with Crippen molar-refractivity contribution >= 4 is 39.8 Å². The van der Waals surface area contributed by atoms with Gasteiger partial charge in [0.15, 0.2) is 0 Å². The predicted molar refractivity (Wildman–Crippen MR) is 111 cm³/mol. The molecule has 0 aliphatic heterocycles. The van der Waals surface area contributed by atoms with Crippen LogP contribution in [-0.4, -0.2) is 25.8 Å². The summed E-state index contributed by atoms with van der Waals surface area (Å²) in [7, 11) is 0. The number of fused-ring (bicyclic) bond motifs is 1. The SMILES string of the molecule is O=C(NNc1ncnc(Nc2cccc3ncccc23)c1[N+](=O)[O-])c1ccc(F)cc1. The topological polar surface area (TPSA) is 135 Å². The van der Waals surface area contributed by atoms with Crippen LogP contribution in [0.15, 0.2) is 67.1 Å². The molecule has 0 saturated carbocycles. The summed E-state index contributed by atoms with van der Waals surface area (Å²) in [4.78, 5) is 35.3. The molecule has 3 N–H and O–H groups in total. The minimum absolute atomic E-state index is 0.0742. The summed E-state index contributed by atoms with van der Waals surface area (Å²) in [6, 6.07) is 13.7. The number of hydrogen-bond donors (Lipinski definition) is 3. The molecule has 1 amide bonds. The molecule has 0 bridgehead atoms. The maximum absolute atomic E-state index is 13.0. The molecule has 154 valence electrons. The number of anilines is 3. The first-order valence-electron chi connectivity index (χ1n) is 8.95. The van der Waals surface area contributed by atoms with Crippen LogP contribution in [0.5, 0.6) is 0 Å². The number of hydrazine groups is 1. The van der Waals surface area contributed by atoms with Crippen molar-refractivity contribution in [2.24, 2.45) is 0 Å². The molecule has 2 heterocycles. The highest BCUT2D eigenvalue weighted by Gasteiger charge is 2.24. The minimum Gasteiger partial charge on any atom is -0.334 e. The molecule has 0 unspecified atom stereocenters. The maximum atomic E-state index is 13.0. The van der Waals surface area contributed by atoms with Gasteiger partial charge in [0.05, 0.1) is 10.4 Å². The summed E-state index contributed by atoms with van der Waals surface area (Å²) >= 11 is 0. The fourth-order valence-corrected chi connectivity index (χ4v) is 2.86. The fraction of sp³-hybridized carbons (Fsp3) is 0. The van der Waals surface area contributed by atoms with Gasteiger partial charge in [0.2, 0.25) is 11.6 Å². The van der Waals surface area contributed by atoms with E-state index in [1.54, 1.807) is 24.4 Å². The largest absolute Gasteiger partial charge is 0.355 e. The van der Waals surface area contributed by atoms with Crippen molar-refractivity contribution in [2.45, 2.75) is 0 Å². The lowest BCUT2D eigenvalue weighted by atomic mass is 10.2. The number of pyridine rings is 1. The number of hydrogen-bond acceptors (Lipinski definition) is 8. The number of amides is 1. The number of nitrogens with zero attached hydrogens (tertiary/aromatic N) is 4. The highest BCUT2D eigenvalue weighted by molar-refractivity contribution is 5.96. The van der Waals surface area contributed by atoms with Gasteiger partial charge in [-0.1, -0.05) is 6.07 Å². The van der Waals surface area contributed by atoms with E-state index < -0.39 is 22.3 Å². The van der Waals surface area contributed by atoms with Crippen molar-refractivity contribution < 1.29 is 14.1 Å². The van der Waals surface area contributed by atoms with E-state index in [2.05, 4.69) is 31.1 Å². The van der Waals surface area contributed by atoms with Crippen molar-refractivity contribution in [3.8, 4) is 0 Å². The standard InChI is InChI=1S/C20H14FN7O3/c21-13-8-6-12(7-9-13)20(29)27-26-19-17(28(30)31)18(23-11-24-19)25-16-5-1-4-15-14(16)3-2-10-22-15/h1-11H,(H,27,29)(H2,23,24,25,26). The Hall–Kier alpha value is -4.67. The second-order valence-electron chi connectivity index (χ2n) is 6.26. The molecule has 0 spiro atoms. The van der Waals surface area contributed by atoms with Gasteiger partial charge in [0.25, 0.3) is 5.91 Å². The predicted octanol–water partition coefficient (Wildman–Crippen LogP) is 3.57. The van der Waals surface area contributed by atoms with Gasteiger partial charge in [-0.15, -0.1) is 0 Å². The summed E-state index contributed by atoms with van der Waals surface area (Å²) in [5.74, 6) is -1.41. The van der Waals surface area contributed by atoms with Crippen molar-refractivity contribution in [3.63, 3.8) is 0 Å². The quantitative estimate of drug-likeness (QED) is 0.319. The average molecular weight is 419 g/mol. The maximum Gasteiger partial charge on any atom is 0.355 e. The molecule has 0 saturated heterocycles. The van der Waals surface area contributed by atoms with Crippen LogP contribution in [0.25, 0.3) is 10.9 Å². The Morgan fingerprint density at radius 3 is 2.52 bits per heavy atom. The minimum atomic E-state index is -0.669. The van der Waals surface area contributed by atoms with Crippen LogP contribution in [0.4, 0.5) is 27.4 Å². The third kappa shape index (κ3) is 4.19. The van der Waals surface area contributed by atoms with Crippen LogP contribution in [0.1, 0.15) is 10.4 Å². The number of carbonyl (C=O) groups excluding carboxylic acids is 1.